The van der Waals surface area contributed by atoms with Crippen LogP contribution >= 0.6 is 0 Å². The molecule has 1 saturated carbocycles. The van der Waals surface area contributed by atoms with Crippen LogP contribution in [0.3, 0.4) is 0 Å². The van der Waals surface area contributed by atoms with Crippen LogP contribution in [0, 0.1) is 5.41 Å². The Hall–Kier alpha value is -2.10. The molecule has 0 aliphatic heterocycles. The minimum atomic E-state index is -0.330. The summed E-state index contributed by atoms with van der Waals surface area (Å²) in [5.41, 5.74) is 0.410. The molecule has 1 aliphatic carbocycles. The predicted octanol–water partition coefficient (Wildman–Crippen LogP) is 3.91. The largest absolute Gasteiger partial charge is 0.504 e. The van der Waals surface area contributed by atoms with Crippen molar-refractivity contribution in [3.63, 3.8) is 0 Å². The number of hydrogen-bond donors (Lipinski definition) is 1. The summed E-state index contributed by atoms with van der Waals surface area (Å²) in [5, 5.41) is 9.54. The van der Waals surface area contributed by atoms with E-state index in [1.165, 1.54) is 25.7 Å². The van der Waals surface area contributed by atoms with E-state index < -0.39 is 0 Å². The van der Waals surface area contributed by atoms with Gasteiger partial charge in [-0.25, -0.2) is 0 Å². The van der Waals surface area contributed by atoms with Crippen LogP contribution in [0.4, 0.5) is 0 Å². The molecule has 0 saturated heterocycles. The Morgan fingerprint density at radius 2 is 1.96 bits per heavy atom. The molecule has 0 atom stereocenters. The van der Waals surface area contributed by atoms with E-state index in [4.69, 9.17) is 4.74 Å². The summed E-state index contributed by atoms with van der Waals surface area (Å²) in [5.74, 6) is 0.269. The Balaban J connectivity index is 1.97. The van der Waals surface area contributed by atoms with Crippen molar-refractivity contribution in [1.82, 2.24) is 0 Å². The molecule has 2 rings (SSSR count). The van der Waals surface area contributed by atoms with Gasteiger partial charge in [0, 0.05) is 5.41 Å². The van der Waals surface area contributed by atoms with Gasteiger partial charge in [0.25, 0.3) is 0 Å². The number of carbonyl (C=O) groups is 2. The Morgan fingerprint density at radius 1 is 1.26 bits per heavy atom. The maximum atomic E-state index is 12.4. The van der Waals surface area contributed by atoms with Crippen LogP contribution in [0.5, 0.6) is 11.5 Å². The molecule has 0 heterocycles. The third-order valence-corrected chi connectivity index (χ3v) is 4.63. The normalized spacial score (nSPS) is 17.1. The second-order valence-corrected chi connectivity index (χ2v) is 6.45. The minimum absolute atomic E-state index is 0.0395. The van der Waals surface area contributed by atoms with Gasteiger partial charge in [-0.2, -0.15) is 0 Å². The molecule has 23 heavy (non-hydrogen) atoms. The van der Waals surface area contributed by atoms with Gasteiger partial charge in [0.2, 0.25) is 0 Å². The molecular formula is C19H24O4. The third kappa shape index (κ3) is 4.44. The SMILES string of the molecule is COc1cc(C=CC(=O)CC(=O)C2(C)CCCCC2)ccc1O. The zero-order valence-corrected chi connectivity index (χ0v) is 13.8. The average molecular weight is 316 g/mol. The molecule has 4 nitrogen and oxygen atoms in total. The lowest BCUT2D eigenvalue weighted by molar-refractivity contribution is -0.132. The number of phenolic OH excluding ortho intramolecular Hbond substituents is 1. The standard InChI is InChI=1S/C19H24O4/c1-19(10-4-3-5-11-19)18(22)13-15(20)8-6-14-7-9-16(21)17(12-14)23-2/h6-9,12,21H,3-5,10-11,13H2,1-2H3. The Morgan fingerprint density at radius 3 is 2.61 bits per heavy atom. The molecule has 0 amide bonds. The van der Waals surface area contributed by atoms with Crippen molar-refractivity contribution in [2.24, 2.45) is 5.41 Å². The van der Waals surface area contributed by atoms with E-state index >= 15 is 0 Å². The zero-order valence-electron chi connectivity index (χ0n) is 13.8. The summed E-state index contributed by atoms with van der Waals surface area (Å²) < 4.78 is 5.03. The highest BCUT2D eigenvalue weighted by molar-refractivity contribution is 6.07. The molecule has 1 aromatic rings. The molecule has 1 aromatic carbocycles. The van der Waals surface area contributed by atoms with Crippen LogP contribution in [0.25, 0.3) is 6.08 Å². The van der Waals surface area contributed by atoms with Crippen molar-refractivity contribution in [3.05, 3.63) is 29.8 Å². The van der Waals surface area contributed by atoms with E-state index in [1.807, 2.05) is 6.92 Å². The summed E-state index contributed by atoms with van der Waals surface area (Å²) in [6, 6.07) is 4.84. The fraction of sp³-hybridized carbons (Fsp3) is 0.474. The minimum Gasteiger partial charge on any atom is -0.504 e. The first-order valence-electron chi connectivity index (χ1n) is 8.06. The van der Waals surface area contributed by atoms with E-state index in [9.17, 15) is 14.7 Å². The highest BCUT2D eigenvalue weighted by atomic mass is 16.5. The molecule has 0 aromatic heterocycles. The highest BCUT2D eigenvalue weighted by Gasteiger charge is 2.34. The van der Waals surface area contributed by atoms with Gasteiger partial charge in [-0.3, -0.25) is 9.59 Å². The number of ketones is 2. The number of carbonyl (C=O) groups excluding carboxylic acids is 2. The Kier molecular flexibility index (Phi) is 5.59. The number of allylic oxidation sites excluding steroid dienone is 1. The van der Waals surface area contributed by atoms with Crippen molar-refractivity contribution < 1.29 is 19.4 Å². The number of rotatable bonds is 6. The van der Waals surface area contributed by atoms with Crippen molar-refractivity contribution in [3.8, 4) is 11.5 Å². The first-order valence-corrected chi connectivity index (χ1v) is 8.06. The lowest BCUT2D eigenvalue weighted by Gasteiger charge is -2.31. The molecule has 0 unspecified atom stereocenters. The number of ether oxygens (including phenoxy) is 1. The molecular weight excluding hydrogens is 292 g/mol. The van der Waals surface area contributed by atoms with Crippen molar-refractivity contribution in [2.75, 3.05) is 7.11 Å². The van der Waals surface area contributed by atoms with E-state index in [2.05, 4.69) is 0 Å². The number of Topliss-reactive ketones (excluding diaryl/α,β-unsaturated/α-hetero) is 1. The van der Waals surface area contributed by atoms with Gasteiger partial charge in [-0.1, -0.05) is 38.3 Å². The van der Waals surface area contributed by atoms with E-state index in [0.717, 1.165) is 31.2 Å². The first kappa shape index (κ1) is 17.3. The second-order valence-electron chi connectivity index (χ2n) is 6.45. The van der Waals surface area contributed by atoms with Crippen LogP contribution in [0.15, 0.2) is 24.3 Å². The summed E-state index contributed by atoms with van der Waals surface area (Å²) in [7, 11) is 1.47. The number of methoxy groups -OCH3 is 1. The molecule has 0 spiro atoms. The van der Waals surface area contributed by atoms with Gasteiger partial charge >= 0.3 is 0 Å². The smallest absolute Gasteiger partial charge is 0.163 e. The lowest BCUT2D eigenvalue weighted by atomic mass is 9.71. The summed E-state index contributed by atoms with van der Waals surface area (Å²) in [6.07, 6.45) is 8.12. The topological polar surface area (TPSA) is 63.6 Å². The van der Waals surface area contributed by atoms with E-state index in [1.54, 1.807) is 18.2 Å². The van der Waals surface area contributed by atoms with Gasteiger partial charge in [-0.15, -0.1) is 0 Å². The van der Waals surface area contributed by atoms with Gasteiger partial charge in [-0.05, 0) is 36.6 Å². The summed E-state index contributed by atoms with van der Waals surface area (Å²) in [6.45, 7) is 1.98. The summed E-state index contributed by atoms with van der Waals surface area (Å²) >= 11 is 0. The van der Waals surface area contributed by atoms with Crippen LogP contribution in [0.1, 0.15) is 51.0 Å². The molecule has 0 bridgehead atoms. The van der Waals surface area contributed by atoms with Crippen molar-refractivity contribution >= 4 is 17.6 Å². The van der Waals surface area contributed by atoms with Crippen LogP contribution in [0.2, 0.25) is 0 Å². The van der Waals surface area contributed by atoms with Gasteiger partial charge in [0.15, 0.2) is 17.3 Å². The third-order valence-electron chi connectivity index (χ3n) is 4.63. The van der Waals surface area contributed by atoms with Crippen molar-refractivity contribution in [2.45, 2.75) is 45.4 Å². The van der Waals surface area contributed by atoms with E-state index in [0.29, 0.717) is 5.75 Å². The average Bonchev–Trinajstić information content (AvgIpc) is 2.54. The first-order chi connectivity index (χ1) is 10.9. The molecule has 0 radical (unpaired) electrons. The summed E-state index contributed by atoms with van der Waals surface area (Å²) in [4.78, 5) is 24.4. The van der Waals surface area contributed by atoms with Crippen molar-refractivity contribution in [1.29, 1.82) is 0 Å². The quantitative estimate of drug-likeness (QED) is 0.638. The highest BCUT2D eigenvalue weighted by Crippen LogP contribution is 2.37. The van der Waals surface area contributed by atoms with Crippen LogP contribution in [-0.2, 0) is 9.59 Å². The molecule has 1 aliphatic rings. The zero-order chi connectivity index (χ0) is 16.9. The second kappa shape index (κ2) is 7.44. The molecule has 1 N–H and O–H groups in total. The maximum absolute atomic E-state index is 12.4. The van der Waals surface area contributed by atoms with Gasteiger partial charge in [0.1, 0.15) is 5.78 Å². The number of hydrogen-bond acceptors (Lipinski definition) is 4. The fourth-order valence-electron chi connectivity index (χ4n) is 3.03. The molecule has 4 heteroatoms. The van der Waals surface area contributed by atoms with Gasteiger partial charge in [0.05, 0.1) is 13.5 Å². The van der Waals surface area contributed by atoms with E-state index in [-0.39, 0.29) is 29.2 Å². The Bertz CT molecular complexity index is 610. The fourth-order valence-corrected chi connectivity index (χ4v) is 3.03. The lowest BCUT2D eigenvalue weighted by Crippen LogP contribution is -2.31. The van der Waals surface area contributed by atoms with Gasteiger partial charge < -0.3 is 9.84 Å². The maximum Gasteiger partial charge on any atom is 0.163 e. The molecule has 1 fully saturated rings. The monoisotopic (exact) mass is 316 g/mol. The van der Waals surface area contributed by atoms with Crippen LogP contribution in [-0.4, -0.2) is 23.8 Å². The number of benzene rings is 1. The van der Waals surface area contributed by atoms with Crippen LogP contribution < -0.4 is 4.74 Å². The predicted molar refractivity (Wildman–Crippen MR) is 89.5 cm³/mol. The number of aromatic hydroxyl groups is 1. The number of phenols is 1. The molecule has 124 valence electrons. The Labute approximate surface area is 137 Å².